The maximum absolute atomic E-state index is 5.37. The lowest BCUT2D eigenvalue weighted by Gasteiger charge is -2.41. The largest absolute Gasteiger partial charge is 0.380 e. The highest BCUT2D eigenvalue weighted by Crippen LogP contribution is 2.40. The Bertz CT molecular complexity index is 184. The number of rotatable bonds is 3. The summed E-state index contributed by atoms with van der Waals surface area (Å²) >= 11 is 0. The molecule has 0 saturated carbocycles. The van der Waals surface area contributed by atoms with Crippen LogP contribution < -0.4 is 0 Å². The molecule has 1 atom stereocenters. The van der Waals surface area contributed by atoms with Gasteiger partial charge in [0.2, 0.25) is 0 Å². The molecule has 0 aromatic rings. The van der Waals surface area contributed by atoms with Gasteiger partial charge in [-0.05, 0) is 19.4 Å². The van der Waals surface area contributed by atoms with Crippen molar-refractivity contribution in [1.82, 2.24) is 0 Å². The van der Waals surface area contributed by atoms with Crippen LogP contribution in [0.2, 0.25) is 0 Å². The van der Waals surface area contributed by atoms with Crippen LogP contribution in [-0.2, 0) is 9.47 Å². The fraction of sp³-hybridized carbons (Fsp3) is 0.778. The molecular formula is C9H16O2. The van der Waals surface area contributed by atoms with Crippen molar-refractivity contribution in [3.05, 3.63) is 11.1 Å². The highest BCUT2D eigenvalue weighted by atomic mass is 16.5. The summed E-state index contributed by atoms with van der Waals surface area (Å²) in [7, 11) is 3.47. The standard InChI is InChI=1S/C9H16O2/c1-7-5-9(2,11-4)8(7)6-10-3/h5-6H2,1-4H3. The van der Waals surface area contributed by atoms with Crippen molar-refractivity contribution >= 4 is 0 Å². The Hall–Kier alpha value is -0.340. The molecule has 1 aliphatic carbocycles. The Balaban J connectivity index is 2.67. The molecule has 0 saturated heterocycles. The summed E-state index contributed by atoms with van der Waals surface area (Å²) in [5.74, 6) is 0. The van der Waals surface area contributed by atoms with E-state index in [-0.39, 0.29) is 5.60 Å². The Morgan fingerprint density at radius 2 is 2.09 bits per heavy atom. The lowest BCUT2D eigenvalue weighted by Crippen LogP contribution is -2.40. The van der Waals surface area contributed by atoms with Crippen molar-refractivity contribution in [3.63, 3.8) is 0 Å². The fourth-order valence-electron chi connectivity index (χ4n) is 1.68. The monoisotopic (exact) mass is 156 g/mol. The van der Waals surface area contributed by atoms with Crippen molar-refractivity contribution in [2.24, 2.45) is 0 Å². The van der Waals surface area contributed by atoms with Crippen molar-refractivity contribution in [3.8, 4) is 0 Å². The summed E-state index contributed by atoms with van der Waals surface area (Å²) in [4.78, 5) is 0. The van der Waals surface area contributed by atoms with Gasteiger partial charge in [-0.15, -0.1) is 0 Å². The van der Waals surface area contributed by atoms with Gasteiger partial charge in [0.1, 0.15) is 0 Å². The zero-order valence-electron chi connectivity index (χ0n) is 7.73. The maximum atomic E-state index is 5.37. The van der Waals surface area contributed by atoms with Gasteiger partial charge in [-0.2, -0.15) is 0 Å². The highest BCUT2D eigenvalue weighted by molar-refractivity contribution is 5.35. The number of hydrogen-bond acceptors (Lipinski definition) is 2. The van der Waals surface area contributed by atoms with Crippen LogP contribution in [0.1, 0.15) is 20.3 Å². The van der Waals surface area contributed by atoms with E-state index in [9.17, 15) is 0 Å². The average molecular weight is 156 g/mol. The molecule has 1 rings (SSSR count). The smallest absolute Gasteiger partial charge is 0.0921 e. The Kier molecular flexibility index (Phi) is 2.35. The summed E-state index contributed by atoms with van der Waals surface area (Å²) in [6.45, 7) is 4.94. The van der Waals surface area contributed by atoms with E-state index in [4.69, 9.17) is 9.47 Å². The second-order valence-corrected chi connectivity index (χ2v) is 3.30. The van der Waals surface area contributed by atoms with Gasteiger partial charge in [0, 0.05) is 20.6 Å². The van der Waals surface area contributed by atoms with Crippen LogP contribution in [0, 0.1) is 0 Å². The van der Waals surface area contributed by atoms with E-state index in [1.54, 1.807) is 14.2 Å². The van der Waals surface area contributed by atoms with Gasteiger partial charge >= 0.3 is 0 Å². The molecule has 1 aliphatic rings. The van der Waals surface area contributed by atoms with Crippen molar-refractivity contribution in [2.75, 3.05) is 20.8 Å². The predicted octanol–water partition coefficient (Wildman–Crippen LogP) is 1.76. The molecule has 0 bridgehead atoms. The van der Waals surface area contributed by atoms with E-state index in [2.05, 4.69) is 13.8 Å². The van der Waals surface area contributed by atoms with Crippen molar-refractivity contribution in [2.45, 2.75) is 25.9 Å². The summed E-state index contributed by atoms with van der Waals surface area (Å²) < 4.78 is 10.4. The fourth-order valence-corrected chi connectivity index (χ4v) is 1.68. The molecular weight excluding hydrogens is 140 g/mol. The van der Waals surface area contributed by atoms with Crippen LogP contribution in [0.4, 0.5) is 0 Å². The van der Waals surface area contributed by atoms with E-state index in [1.165, 1.54) is 11.1 Å². The van der Waals surface area contributed by atoms with Crippen LogP contribution in [0.15, 0.2) is 11.1 Å². The molecule has 11 heavy (non-hydrogen) atoms. The van der Waals surface area contributed by atoms with E-state index in [1.807, 2.05) is 0 Å². The molecule has 0 N–H and O–H groups in total. The van der Waals surface area contributed by atoms with Crippen LogP contribution in [-0.4, -0.2) is 26.4 Å². The lowest BCUT2D eigenvalue weighted by atomic mass is 9.75. The maximum Gasteiger partial charge on any atom is 0.0921 e. The summed E-state index contributed by atoms with van der Waals surface area (Å²) in [5, 5.41) is 0. The van der Waals surface area contributed by atoms with Crippen LogP contribution >= 0.6 is 0 Å². The lowest BCUT2D eigenvalue weighted by molar-refractivity contribution is 0.00557. The summed E-state index contributed by atoms with van der Waals surface area (Å²) in [6, 6.07) is 0. The first kappa shape index (κ1) is 8.75. The van der Waals surface area contributed by atoms with Gasteiger partial charge in [-0.3, -0.25) is 0 Å². The first-order valence-corrected chi connectivity index (χ1v) is 3.87. The molecule has 0 heterocycles. The molecule has 0 aromatic heterocycles. The molecule has 0 spiro atoms. The molecule has 64 valence electrons. The number of hydrogen-bond donors (Lipinski definition) is 0. The molecule has 0 amide bonds. The van der Waals surface area contributed by atoms with E-state index in [0.717, 1.165) is 6.42 Å². The van der Waals surface area contributed by atoms with Crippen LogP contribution in [0.3, 0.4) is 0 Å². The Morgan fingerprint density at radius 1 is 1.45 bits per heavy atom. The van der Waals surface area contributed by atoms with E-state index < -0.39 is 0 Å². The normalized spacial score (nSPS) is 30.5. The average Bonchev–Trinajstić information content (AvgIpc) is 2.00. The number of methoxy groups -OCH3 is 2. The van der Waals surface area contributed by atoms with Crippen LogP contribution in [0.5, 0.6) is 0 Å². The van der Waals surface area contributed by atoms with E-state index in [0.29, 0.717) is 6.61 Å². The Labute approximate surface area is 68.2 Å². The molecule has 0 aliphatic heterocycles. The third-order valence-corrected chi connectivity index (χ3v) is 2.50. The second kappa shape index (κ2) is 2.95. The third-order valence-electron chi connectivity index (χ3n) is 2.50. The van der Waals surface area contributed by atoms with Gasteiger partial charge in [0.05, 0.1) is 12.2 Å². The van der Waals surface area contributed by atoms with Gasteiger partial charge in [-0.1, -0.05) is 5.57 Å². The first-order chi connectivity index (χ1) is 5.14. The molecule has 0 aromatic carbocycles. The quantitative estimate of drug-likeness (QED) is 0.580. The summed E-state index contributed by atoms with van der Waals surface area (Å²) in [6.07, 6.45) is 1.04. The molecule has 1 unspecified atom stereocenters. The molecule has 0 fully saturated rings. The minimum Gasteiger partial charge on any atom is -0.380 e. The molecule has 0 radical (unpaired) electrons. The minimum atomic E-state index is -0.0416. The first-order valence-electron chi connectivity index (χ1n) is 3.87. The minimum absolute atomic E-state index is 0.0416. The second-order valence-electron chi connectivity index (χ2n) is 3.30. The topological polar surface area (TPSA) is 18.5 Å². The van der Waals surface area contributed by atoms with Gasteiger partial charge in [0.15, 0.2) is 0 Å². The van der Waals surface area contributed by atoms with Gasteiger partial charge in [0.25, 0.3) is 0 Å². The van der Waals surface area contributed by atoms with E-state index >= 15 is 0 Å². The van der Waals surface area contributed by atoms with Crippen molar-refractivity contribution < 1.29 is 9.47 Å². The SMILES string of the molecule is COCC1=C(C)CC1(C)OC. The molecule has 2 heteroatoms. The van der Waals surface area contributed by atoms with Gasteiger partial charge < -0.3 is 9.47 Å². The van der Waals surface area contributed by atoms with Crippen molar-refractivity contribution in [1.29, 1.82) is 0 Å². The zero-order chi connectivity index (χ0) is 8.48. The van der Waals surface area contributed by atoms with Crippen LogP contribution in [0.25, 0.3) is 0 Å². The highest BCUT2D eigenvalue weighted by Gasteiger charge is 2.38. The van der Waals surface area contributed by atoms with Gasteiger partial charge in [-0.25, -0.2) is 0 Å². The predicted molar refractivity (Wildman–Crippen MR) is 44.6 cm³/mol. The molecule has 2 nitrogen and oxygen atoms in total. The zero-order valence-corrected chi connectivity index (χ0v) is 7.73. The third kappa shape index (κ3) is 1.33. The number of ether oxygens (including phenoxy) is 2. The summed E-state index contributed by atoms with van der Waals surface area (Å²) in [5.41, 5.74) is 2.68. The Morgan fingerprint density at radius 3 is 2.45 bits per heavy atom.